The van der Waals surface area contributed by atoms with Crippen LogP contribution in [-0.4, -0.2) is 30.4 Å². The number of hydrogen-bond acceptors (Lipinski definition) is 5. The molecule has 0 fully saturated rings. The van der Waals surface area contributed by atoms with Gasteiger partial charge >= 0.3 is 6.09 Å². The Labute approximate surface area is 132 Å². The zero-order valence-corrected chi connectivity index (χ0v) is 12.3. The number of hydrazone groups is 1. The summed E-state index contributed by atoms with van der Waals surface area (Å²) in [5.41, 5.74) is 3.76. The molecule has 2 aromatic rings. The molecular formula is C16H15N3O4. The molecular weight excluding hydrogens is 298 g/mol. The molecule has 7 nitrogen and oxygen atoms in total. The van der Waals surface area contributed by atoms with E-state index in [0.29, 0.717) is 5.69 Å². The quantitative estimate of drug-likeness (QED) is 0.596. The van der Waals surface area contributed by atoms with Crippen molar-refractivity contribution < 1.29 is 19.4 Å². The summed E-state index contributed by atoms with van der Waals surface area (Å²) in [6.07, 6.45) is 0.890. The number of carbonyl (C=O) groups excluding carboxylic acids is 2. The van der Waals surface area contributed by atoms with Crippen molar-refractivity contribution in [2.24, 2.45) is 5.10 Å². The van der Waals surface area contributed by atoms with Crippen molar-refractivity contribution in [1.29, 1.82) is 0 Å². The molecule has 0 aliphatic heterocycles. The largest absolute Gasteiger partial charge is 0.507 e. The lowest BCUT2D eigenvalue weighted by atomic mass is 10.2. The molecule has 0 spiro atoms. The molecule has 0 atom stereocenters. The van der Waals surface area contributed by atoms with Gasteiger partial charge in [0.1, 0.15) is 5.75 Å². The Morgan fingerprint density at radius 2 is 1.83 bits per heavy atom. The van der Waals surface area contributed by atoms with E-state index in [1.54, 1.807) is 36.4 Å². The van der Waals surface area contributed by atoms with Gasteiger partial charge in [-0.3, -0.25) is 10.1 Å². The Kier molecular flexibility index (Phi) is 5.30. The Hall–Kier alpha value is -3.35. The zero-order chi connectivity index (χ0) is 16.7. The molecule has 0 heterocycles. The van der Waals surface area contributed by atoms with Crippen LogP contribution in [0.2, 0.25) is 0 Å². The van der Waals surface area contributed by atoms with Crippen molar-refractivity contribution >= 4 is 23.9 Å². The van der Waals surface area contributed by atoms with Gasteiger partial charge in [0.2, 0.25) is 0 Å². The van der Waals surface area contributed by atoms with E-state index in [1.165, 1.54) is 25.5 Å². The van der Waals surface area contributed by atoms with E-state index in [1.807, 2.05) is 0 Å². The van der Waals surface area contributed by atoms with Crippen LogP contribution >= 0.6 is 0 Å². The first-order valence-electron chi connectivity index (χ1n) is 6.66. The minimum atomic E-state index is -0.554. The standard InChI is InChI=1S/C16H15N3O4/c1-23-16(22)18-12-8-6-11(7-9-12)10-17-19-15(21)13-4-2-3-5-14(13)20/h2-10,20H,1H3,(H,18,22)(H,19,21). The molecule has 0 aliphatic carbocycles. The maximum atomic E-state index is 11.8. The van der Waals surface area contributed by atoms with E-state index >= 15 is 0 Å². The minimum Gasteiger partial charge on any atom is -0.507 e. The second-order valence-corrected chi connectivity index (χ2v) is 4.45. The smallest absolute Gasteiger partial charge is 0.411 e. The number of nitrogens with zero attached hydrogens (tertiary/aromatic N) is 1. The van der Waals surface area contributed by atoms with Gasteiger partial charge in [-0.2, -0.15) is 5.10 Å². The second-order valence-electron chi connectivity index (χ2n) is 4.45. The number of anilines is 1. The summed E-state index contributed by atoms with van der Waals surface area (Å²) >= 11 is 0. The number of carbonyl (C=O) groups is 2. The van der Waals surface area contributed by atoms with Crippen LogP contribution in [-0.2, 0) is 4.74 Å². The zero-order valence-electron chi connectivity index (χ0n) is 12.3. The summed E-state index contributed by atoms with van der Waals surface area (Å²) in [6.45, 7) is 0. The molecule has 0 saturated carbocycles. The normalized spacial score (nSPS) is 10.3. The molecule has 0 radical (unpaired) electrons. The van der Waals surface area contributed by atoms with Gasteiger partial charge in [-0.05, 0) is 29.8 Å². The highest BCUT2D eigenvalue weighted by molar-refractivity contribution is 5.97. The lowest BCUT2D eigenvalue weighted by Crippen LogP contribution is -2.17. The van der Waals surface area contributed by atoms with Gasteiger partial charge in [-0.25, -0.2) is 10.2 Å². The van der Waals surface area contributed by atoms with E-state index in [2.05, 4.69) is 20.6 Å². The third-order valence-corrected chi connectivity index (χ3v) is 2.87. The lowest BCUT2D eigenvalue weighted by Gasteiger charge is -2.03. The average Bonchev–Trinajstić information content (AvgIpc) is 2.56. The molecule has 118 valence electrons. The van der Waals surface area contributed by atoms with Gasteiger partial charge in [-0.1, -0.05) is 24.3 Å². The van der Waals surface area contributed by atoms with Crippen molar-refractivity contribution in [2.75, 3.05) is 12.4 Å². The number of methoxy groups -OCH3 is 1. The summed E-state index contributed by atoms with van der Waals surface area (Å²) in [4.78, 5) is 22.9. The molecule has 3 N–H and O–H groups in total. The lowest BCUT2D eigenvalue weighted by molar-refractivity contribution is 0.0952. The minimum absolute atomic E-state index is 0.113. The van der Waals surface area contributed by atoms with Crippen molar-refractivity contribution in [2.45, 2.75) is 0 Å². The van der Waals surface area contributed by atoms with Crippen LogP contribution in [0.1, 0.15) is 15.9 Å². The molecule has 0 aromatic heterocycles. The van der Waals surface area contributed by atoms with E-state index in [-0.39, 0.29) is 11.3 Å². The second kappa shape index (κ2) is 7.60. The maximum absolute atomic E-state index is 11.8. The predicted octanol–water partition coefficient (Wildman–Crippen LogP) is 2.33. The number of nitrogens with one attached hydrogen (secondary N) is 2. The van der Waals surface area contributed by atoms with Crippen LogP contribution in [0.4, 0.5) is 10.5 Å². The molecule has 0 saturated heterocycles. The maximum Gasteiger partial charge on any atom is 0.411 e. The third-order valence-electron chi connectivity index (χ3n) is 2.87. The number of phenolic OH excluding ortho intramolecular Hbond substituents is 1. The summed E-state index contributed by atoms with van der Waals surface area (Å²) < 4.78 is 4.48. The number of benzene rings is 2. The number of phenols is 1. The van der Waals surface area contributed by atoms with Crippen molar-refractivity contribution in [3.8, 4) is 5.75 Å². The van der Waals surface area contributed by atoms with Crippen LogP contribution < -0.4 is 10.7 Å². The van der Waals surface area contributed by atoms with E-state index in [4.69, 9.17) is 0 Å². The first kappa shape index (κ1) is 16.0. The highest BCUT2D eigenvalue weighted by Gasteiger charge is 2.08. The number of para-hydroxylation sites is 1. The fourth-order valence-corrected chi connectivity index (χ4v) is 1.71. The molecule has 0 unspecified atom stereocenters. The molecule has 2 amide bonds. The summed E-state index contributed by atoms with van der Waals surface area (Å²) in [5, 5.41) is 15.9. The van der Waals surface area contributed by atoms with Crippen molar-refractivity contribution in [1.82, 2.24) is 5.43 Å². The molecule has 0 bridgehead atoms. The van der Waals surface area contributed by atoms with Crippen LogP contribution in [0.5, 0.6) is 5.75 Å². The van der Waals surface area contributed by atoms with E-state index in [9.17, 15) is 14.7 Å². The summed E-state index contributed by atoms with van der Waals surface area (Å²) in [6, 6.07) is 12.9. The molecule has 2 aromatic carbocycles. The van der Waals surface area contributed by atoms with E-state index < -0.39 is 12.0 Å². The number of ether oxygens (including phenoxy) is 1. The Bertz CT molecular complexity index is 726. The number of amides is 2. The molecule has 0 aliphatic rings. The molecule has 23 heavy (non-hydrogen) atoms. The van der Waals surface area contributed by atoms with Crippen LogP contribution in [0.15, 0.2) is 53.6 Å². The van der Waals surface area contributed by atoms with Crippen LogP contribution in [0.25, 0.3) is 0 Å². The topological polar surface area (TPSA) is 100 Å². The van der Waals surface area contributed by atoms with Crippen LogP contribution in [0.3, 0.4) is 0 Å². The third kappa shape index (κ3) is 4.57. The average molecular weight is 313 g/mol. The predicted molar refractivity (Wildman–Crippen MR) is 85.6 cm³/mol. The van der Waals surface area contributed by atoms with Crippen LogP contribution in [0, 0.1) is 0 Å². The van der Waals surface area contributed by atoms with E-state index in [0.717, 1.165) is 5.56 Å². The fraction of sp³-hybridized carbons (Fsp3) is 0.0625. The Morgan fingerprint density at radius 1 is 1.13 bits per heavy atom. The molecule has 2 rings (SSSR count). The number of rotatable bonds is 4. The Balaban J connectivity index is 1.94. The van der Waals surface area contributed by atoms with Gasteiger partial charge in [0.15, 0.2) is 0 Å². The van der Waals surface area contributed by atoms with Crippen molar-refractivity contribution in [3.63, 3.8) is 0 Å². The first-order chi connectivity index (χ1) is 11.1. The van der Waals surface area contributed by atoms with Gasteiger partial charge in [0.25, 0.3) is 5.91 Å². The SMILES string of the molecule is COC(=O)Nc1ccc(C=NNC(=O)c2ccccc2O)cc1. The number of hydrogen-bond donors (Lipinski definition) is 3. The van der Waals surface area contributed by atoms with Gasteiger partial charge in [-0.15, -0.1) is 0 Å². The van der Waals surface area contributed by atoms with Gasteiger partial charge in [0.05, 0.1) is 18.9 Å². The summed E-state index contributed by atoms with van der Waals surface area (Å²) in [7, 11) is 1.28. The number of aromatic hydroxyl groups is 1. The highest BCUT2D eigenvalue weighted by Crippen LogP contribution is 2.15. The highest BCUT2D eigenvalue weighted by atomic mass is 16.5. The molecule has 7 heteroatoms. The van der Waals surface area contributed by atoms with Crippen molar-refractivity contribution in [3.05, 3.63) is 59.7 Å². The fourth-order valence-electron chi connectivity index (χ4n) is 1.71. The first-order valence-corrected chi connectivity index (χ1v) is 6.66. The summed E-state index contributed by atoms with van der Waals surface area (Å²) in [5.74, 6) is -0.623. The monoisotopic (exact) mass is 313 g/mol. The Morgan fingerprint density at radius 3 is 2.48 bits per heavy atom. The van der Waals surface area contributed by atoms with Gasteiger partial charge in [0, 0.05) is 5.69 Å². The van der Waals surface area contributed by atoms with Gasteiger partial charge < -0.3 is 9.84 Å².